The summed E-state index contributed by atoms with van der Waals surface area (Å²) in [6.07, 6.45) is 2.84. The number of ketones is 1. The van der Waals surface area contributed by atoms with Crippen LogP contribution in [0.15, 0.2) is 34.7 Å². The molecule has 0 bridgehead atoms. The molecule has 0 radical (unpaired) electrons. The van der Waals surface area contributed by atoms with Gasteiger partial charge in [-0.3, -0.25) is 9.59 Å². The summed E-state index contributed by atoms with van der Waals surface area (Å²) in [7, 11) is 0. The van der Waals surface area contributed by atoms with Gasteiger partial charge in [0.2, 0.25) is 18.1 Å². The van der Waals surface area contributed by atoms with Gasteiger partial charge in [-0.2, -0.15) is 0 Å². The number of hydrogen-bond acceptors (Lipinski definition) is 5. The maximum absolute atomic E-state index is 12.3. The van der Waals surface area contributed by atoms with Gasteiger partial charge in [-0.1, -0.05) is 38.0 Å². The van der Waals surface area contributed by atoms with Gasteiger partial charge in [0, 0.05) is 5.56 Å². The molecule has 0 aliphatic rings. The number of nitrogens with zero attached hydrogens (tertiary/aromatic N) is 2. The molecule has 1 N–H and O–H groups in total. The highest BCUT2D eigenvalue weighted by Gasteiger charge is 2.24. The van der Waals surface area contributed by atoms with Crippen molar-refractivity contribution in [2.45, 2.75) is 32.2 Å². The Kier molecular flexibility index (Phi) is 5.20. The zero-order valence-electron chi connectivity index (χ0n) is 11.8. The molecule has 6 nitrogen and oxygen atoms in total. The van der Waals surface area contributed by atoms with Crippen molar-refractivity contribution in [3.63, 3.8) is 0 Å². The van der Waals surface area contributed by atoms with E-state index in [-0.39, 0.29) is 11.7 Å². The third kappa shape index (κ3) is 3.75. The summed E-state index contributed by atoms with van der Waals surface area (Å²) in [5.74, 6) is -0.145. The predicted molar refractivity (Wildman–Crippen MR) is 76.6 cm³/mol. The van der Waals surface area contributed by atoms with Crippen LogP contribution in [0.4, 0.5) is 0 Å². The Bertz CT molecular complexity index is 595. The molecule has 2 aromatic rings. The lowest BCUT2D eigenvalue weighted by molar-refractivity contribution is -0.110. The number of rotatable bonds is 8. The van der Waals surface area contributed by atoms with Gasteiger partial charge >= 0.3 is 0 Å². The summed E-state index contributed by atoms with van der Waals surface area (Å²) in [6, 6.07) is 8.59. The second-order valence-corrected chi connectivity index (χ2v) is 4.62. The summed E-state index contributed by atoms with van der Waals surface area (Å²) in [4.78, 5) is 22.9. The molecular formula is C15H17N3O3. The van der Waals surface area contributed by atoms with Crippen LogP contribution >= 0.6 is 0 Å². The van der Waals surface area contributed by atoms with E-state index < -0.39 is 6.04 Å². The topological polar surface area (TPSA) is 85.1 Å². The standard InChI is InChI=1S/C15H17N3O3/c1-2-3-9-12(16-10-19)13(20)15-18-17-14(21-15)11-7-5-4-6-8-11/h4-8,10,12H,2-3,9H2,1H3,(H,16,19). The highest BCUT2D eigenvalue weighted by atomic mass is 16.4. The van der Waals surface area contributed by atoms with Crippen molar-refractivity contribution in [2.24, 2.45) is 0 Å². The van der Waals surface area contributed by atoms with Gasteiger partial charge in [-0.15, -0.1) is 10.2 Å². The third-order valence-corrected chi connectivity index (χ3v) is 3.09. The molecule has 0 spiro atoms. The van der Waals surface area contributed by atoms with E-state index in [1.54, 1.807) is 0 Å². The quantitative estimate of drug-likeness (QED) is 0.594. The largest absolute Gasteiger partial charge is 0.414 e. The molecule has 0 saturated carbocycles. The van der Waals surface area contributed by atoms with Gasteiger partial charge in [0.05, 0.1) is 6.04 Å². The van der Waals surface area contributed by atoms with Crippen molar-refractivity contribution in [2.75, 3.05) is 0 Å². The molecule has 0 fully saturated rings. The van der Waals surface area contributed by atoms with Gasteiger partial charge in [-0.05, 0) is 18.6 Å². The van der Waals surface area contributed by atoms with Crippen LogP contribution in [-0.2, 0) is 4.79 Å². The monoisotopic (exact) mass is 287 g/mol. The summed E-state index contributed by atoms with van der Waals surface area (Å²) < 4.78 is 5.41. The van der Waals surface area contributed by atoms with E-state index in [1.165, 1.54) is 0 Å². The second kappa shape index (κ2) is 7.33. The molecule has 21 heavy (non-hydrogen) atoms. The molecule has 0 aliphatic heterocycles. The summed E-state index contributed by atoms with van der Waals surface area (Å²) in [5.41, 5.74) is 0.748. The van der Waals surface area contributed by atoms with Gasteiger partial charge in [-0.25, -0.2) is 0 Å². The number of carbonyl (C=O) groups is 2. The van der Waals surface area contributed by atoms with Gasteiger partial charge in [0.15, 0.2) is 0 Å². The first-order valence-electron chi connectivity index (χ1n) is 6.89. The first-order chi connectivity index (χ1) is 10.3. The maximum atomic E-state index is 12.3. The lowest BCUT2D eigenvalue weighted by Crippen LogP contribution is -2.36. The normalized spacial score (nSPS) is 11.9. The Balaban J connectivity index is 2.15. The number of aromatic nitrogens is 2. The van der Waals surface area contributed by atoms with Crippen LogP contribution in [0.5, 0.6) is 0 Å². The van der Waals surface area contributed by atoms with Gasteiger partial charge in [0.1, 0.15) is 0 Å². The fourth-order valence-electron chi connectivity index (χ4n) is 1.95. The van der Waals surface area contributed by atoms with Gasteiger partial charge in [0.25, 0.3) is 5.89 Å². The number of unbranched alkanes of at least 4 members (excludes halogenated alkanes) is 1. The van der Waals surface area contributed by atoms with E-state index in [4.69, 9.17) is 4.42 Å². The molecule has 1 aromatic heterocycles. The minimum absolute atomic E-state index is 0.0793. The number of benzene rings is 1. The van der Waals surface area contributed by atoms with Crippen molar-refractivity contribution in [1.82, 2.24) is 15.5 Å². The van der Waals surface area contributed by atoms with Crippen LogP contribution < -0.4 is 5.32 Å². The van der Waals surface area contributed by atoms with Crippen LogP contribution in [0.25, 0.3) is 11.5 Å². The Morgan fingerprint density at radius 1 is 1.33 bits per heavy atom. The van der Waals surface area contributed by atoms with Crippen molar-refractivity contribution in [1.29, 1.82) is 0 Å². The maximum Gasteiger partial charge on any atom is 0.286 e. The zero-order valence-corrected chi connectivity index (χ0v) is 11.8. The zero-order chi connectivity index (χ0) is 15.1. The van der Waals surface area contributed by atoms with Crippen LogP contribution in [0.3, 0.4) is 0 Å². The minimum atomic E-state index is -0.619. The Morgan fingerprint density at radius 3 is 2.76 bits per heavy atom. The van der Waals surface area contributed by atoms with Crippen LogP contribution in [-0.4, -0.2) is 28.4 Å². The molecule has 110 valence electrons. The summed E-state index contributed by atoms with van der Waals surface area (Å²) in [6.45, 7) is 2.02. The van der Waals surface area contributed by atoms with Crippen molar-refractivity contribution in [3.05, 3.63) is 36.2 Å². The summed E-state index contributed by atoms with van der Waals surface area (Å²) >= 11 is 0. The van der Waals surface area contributed by atoms with E-state index in [2.05, 4.69) is 15.5 Å². The van der Waals surface area contributed by atoms with E-state index in [9.17, 15) is 9.59 Å². The average Bonchev–Trinajstić information content (AvgIpc) is 3.01. The third-order valence-electron chi connectivity index (χ3n) is 3.09. The lowest BCUT2D eigenvalue weighted by Gasteiger charge is -2.11. The van der Waals surface area contributed by atoms with Gasteiger partial charge < -0.3 is 9.73 Å². The minimum Gasteiger partial charge on any atom is -0.414 e. The molecule has 2 rings (SSSR count). The first kappa shape index (κ1) is 14.9. The lowest BCUT2D eigenvalue weighted by atomic mass is 10.1. The molecule has 1 amide bonds. The Hall–Kier alpha value is -2.50. The number of amides is 1. The van der Waals surface area contributed by atoms with E-state index in [0.717, 1.165) is 18.4 Å². The van der Waals surface area contributed by atoms with Crippen molar-refractivity contribution in [3.8, 4) is 11.5 Å². The molecule has 6 heteroatoms. The molecule has 1 atom stereocenters. The molecule has 1 aromatic carbocycles. The summed E-state index contributed by atoms with van der Waals surface area (Å²) in [5, 5.41) is 10.2. The van der Waals surface area contributed by atoms with E-state index in [0.29, 0.717) is 18.7 Å². The molecule has 0 aliphatic carbocycles. The highest BCUT2D eigenvalue weighted by molar-refractivity contribution is 5.97. The van der Waals surface area contributed by atoms with E-state index >= 15 is 0 Å². The number of Topliss-reactive ketones (excluding diaryl/α,β-unsaturated/α-hetero) is 1. The SMILES string of the molecule is CCCCC(NC=O)C(=O)c1nnc(-c2ccccc2)o1. The highest BCUT2D eigenvalue weighted by Crippen LogP contribution is 2.18. The number of carbonyl (C=O) groups excluding carboxylic acids is 2. The van der Waals surface area contributed by atoms with Crippen molar-refractivity contribution >= 4 is 12.2 Å². The average molecular weight is 287 g/mol. The van der Waals surface area contributed by atoms with Crippen LogP contribution in [0, 0.1) is 0 Å². The first-order valence-corrected chi connectivity index (χ1v) is 6.89. The van der Waals surface area contributed by atoms with Crippen LogP contribution in [0.1, 0.15) is 36.9 Å². The fourth-order valence-corrected chi connectivity index (χ4v) is 1.95. The number of hydrogen-bond donors (Lipinski definition) is 1. The molecule has 0 saturated heterocycles. The Labute approximate surface area is 122 Å². The molecule has 1 unspecified atom stereocenters. The Morgan fingerprint density at radius 2 is 2.10 bits per heavy atom. The molecular weight excluding hydrogens is 270 g/mol. The van der Waals surface area contributed by atoms with Crippen LogP contribution in [0.2, 0.25) is 0 Å². The molecule has 1 heterocycles. The number of nitrogens with one attached hydrogen (secondary N) is 1. The predicted octanol–water partition coefficient (Wildman–Crippen LogP) is 2.22. The second-order valence-electron chi connectivity index (χ2n) is 4.62. The van der Waals surface area contributed by atoms with Crippen molar-refractivity contribution < 1.29 is 14.0 Å². The smallest absolute Gasteiger partial charge is 0.286 e. The van der Waals surface area contributed by atoms with E-state index in [1.807, 2.05) is 37.3 Å². The fraction of sp³-hybridized carbons (Fsp3) is 0.333.